The number of rotatable bonds is 25. The minimum absolute atomic E-state index is 0. The number of aliphatic hydroxyl groups excluding tert-OH is 6. The van der Waals surface area contributed by atoms with E-state index in [1.165, 1.54) is 0 Å². The molecule has 0 bridgehead atoms. The maximum absolute atomic E-state index is 9.37. The number of unbranched alkanes of at least 4 members (excludes halogenated alkanes) is 3. The quantitative estimate of drug-likeness (QED) is 0.0515. The van der Waals surface area contributed by atoms with Crippen molar-refractivity contribution in [3.05, 3.63) is 28.4 Å². The van der Waals surface area contributed by atoms with Crippen LogP contribution in [-0.2, 0) is 33.2 Å². The van der Waals surface area contributed by atoms with E-state index in [4.69, 9.17) is 34.6 Å². The Kier molecular flexibility index (Phi) is 48.4. The van der Waals surface area contributed by atoms with Gasteiger partial charge in [-0.1, -0.05) is 19.3 Å². The number of ether oxygens (including phenoxy) is 7. The SMILES string of the molecule is [CH2-]OCC(O)CCCCCCOCC(O)CO[CH2-].[CH2-]OCC(O)COCCO.[CH2-]OCC(O)COCCO.[Rf].[Rf]. The molecule has 0 saturated carbocycles. The molecule has 0 aromatic heterocycles. The van der Waals surface area contributed by atoms with E-state index in [0.29, 0.717) is 13.2 Å². The molecule has 0 heterocycles. The van der Waals surface area contributed by atoms with Crippen LogP contribution in [0.2, 0.25) is 0 Å². The van der Waals surface area contributed by atoms with Crippen molar-refractivity contribution >= 4 is 0 Å². The third-order valence-electron chi connectivity index (χ3n) is 4.22. The fourth-order valence-corrected chi connectivity index (χ4v) is 2.50. The largest absolute Gasteiger partial charge is 0.553 e. The predicted molar refractivity (Wildman–Crippen MR) is 139 cm³/mol. The van der Waals surface area contributed by atoms with Crippen LogP contribution in [0.3, 0.4) is 0 Å². The Balaban J connectivity index is -0.000000160. The van der Waals surface area contributed by atoms with Crippen LogP contribution in [0.5, 0.6) is 0 Å². The molecule has 238 valence electrons. The normalized spacial score (nSPS) is 13.3. The molecule has 0 aliphatic heterocycles. The van der Waals surface area contributed by atoms with E-state index in [-0.39, 0.29) is 66.1 Å². The van der Waals surface area contributed by atoms with E-state index in [9.17, 15) is 10.2 Å². The second-order valence-electron chi connectivity index (χ2n) is 7.97. The summed E-state index contributed by atoms with van der Waals surface area (Å²) in [5.74, 6) is 0. The van der Waals surface area contributed by atoms with Crippen LogP contribution in [0.4, 0.5) is 0 Å². The Morgan fingerprint density at radius 3 is 1.10 bits per heavy atom. The first kappa shape index (κ1) is 47.3. The van der Waals surface area contributed by atoms with Crippen molar-refractivity contribution < 1.29 is 63.8 Å². The summed E-state index contributed by atoms with van der Waals surface area (Å²) in [6.07, 6.45) is 2.49. The van der Waals surface area contributed by atoms with Gasteiger partial charge in [-0.3, -0.25) is 0 Å². The smallest absolute Gasteiger partial charge is 0.0976 e. The van der Waals surface area contributed by atoms with Gasteiger partial charge in [0.15, 0.2) is 0 Å². The van der Waals surface area contributed by atoms with Crippen LogP contribution in [-0.4, -0.2) is 134 Å². The van der Waals surface area contributed by atoms with Gasteiger partial charge in [0.05, 0.1) is 70.7 Å². The van der Waals surface area contributed by atoms with E-state index in [2.05, 4.69) is 47.4 Å². The van der Waals surface area contributed by atoms with E-state index < -0.39 is 24.4 Å². The molecule has 0 spiro atoms. The molecule has 40 heavy (non-hydrogen) atoms. The fraction of sp³-hybridized carbons (Fsp3) is 0.840. The molecule has 0 rings (SSSR count). The molecule has 4 unspecified atom stereocenters. The second-order valence-corrected chi connectivity index (χ2v) is 7.97. The minimum Gasteiger partial charge on any atom is -0.553 e. The van der Waals surface area contributed by atoms with Crippen molar-refractivity contribution in [2.45, 2.75) is 56.5 Å². The Bertz CT molecular complexity index is 383. The number of hydrogen-bond donors (Lipinski definition) is 6. The summed E-state index contributed by atoms with van der Waals surface area (Å²) in [7, 11) is 12.6. The number of hydrogen-bond acceptors (Lipinski definition) is 13. The molecule has 0 amide bonds. The van der Waals surface area contributed by atoms with Crippen molar-refractivity contribution in [3.63, 3.8) is 0 Å². The molecule has 6 N–H and O–H groups in total. The number of aliphatic hydroxyl groups is 6. The topological polar surface area (TPSA) is 186 Å². The summed E-state index contributed by atoms with van der Waals surface area (Å²) in [6.45, 7) is 2.52. The third kappa shape index (κ3) is 45.4. The molecule has 0 aliphatic carbocycles. The van der Waals surface area contributed by atoms with Gasteiger partial charge >= 0.3 is 0 Å². The van der Waals surface area contributed by atoms with Gasteiger partial charge in [0.2, 0.25) is 0 Å². The van der Waals surface area contributed by atoms with E-state index in [1.54, 1.807) is 0 Å². The second kappa shape index (κ2) is 41.0. The summed E-state index contributed by atoms with van der Waals surface area (Å²) < 4.78 is 32.8. The van der Waals surface area contributed by atoms with Crippen molar-refractivity contribution in [2.75, 3.05) is 79.3 Å². The van der Waals surface area contributed by atoms with Crippen LogP contribution in [0, 0.1) is 28.4 Å². The van der Waals surface area contributed by atoms with Gasteiger partial charge in [-0.25, -0.2) is 28.4 Å². The first-order valence-electron chi connectivity index (χ1n) is 12.5. The Morgan fingerprint density at radius 2 is 0.750 bits per heavy atom. The van der Waals surface area contributed by atoms with Gasteiger partial charge in [-0.05, 0) is 12.8 Å². The Hall–Kier alpha value is -2.52. The predicted octanol–water partition coefficient (Wildman–Crippen LogP) is -0.380. The molecule has 0 aromatic carbocycles. The summed E-state index contributed by atoms with van der Waals surface area (Å²) in [5, 5.41) is 53.0. The van der Waals surface area contributed by atoms with Crippen LogP contribution in [0.1, 0.15) is 32.1 Å². The molecule has 0 aliphatic rings. The standard InChI is InChI=1S/C13H26O5.2C6H13O4.2Rf/c1-16-9-12(14)7-5-3-4-6-8-18-11-13(15)10-17-2;2*1-9-4-6(8)5-10-3-2-7;;/h12-15H,1-11H2;2*6-8H,1-5H2;;/q-2;2*-1;;. The van der Waals surface area contributed by atoms with Crippen molar-refractivity contribution in [3.8, 4) is 0 Å². The van der Waals surface area contributed by atoms with Crippen LogP contribution < -0.4 is 0 Å². The van der Waals surface area contributed by atoms with Crippen molar-refractivity contribution in [1.29, 1.82) is 0 Å². The molecule has 0 radical (unpaired) electrons. The van der Waals surface area contributed by atoms with E-state index >= 15 is 0 Å². The summed E-state index contributed by atoms with van der Waals surface area (Å²) in [4.78, 5) is 0. The molecule has 0 saturated heterocycles. The average Bonchev–Trinajstić information content (AvgIpc) is 2.87. The monoisotopic (exact) mass is 1090 g/mol. The summed E-state index contributed by atoms with van der Waals surface area (Å²) in [5.41, 5.74) is 0. The maximum Gasteiger partial charge on any atom is 0.0976 e. The molecule has 15 heteroatoms. The first-order valence-corrected chi connectivity index (χ1v) is 12.5. The van der Waals surface area contributed by atoms with Gasteiger partial charge in [-0.15, -0.1) is 0 Å². The van der Waals surface area contributed by atoms with Crippen LogP contribution in [0.15, 0.2) is 0 Å². The van der Waals surface area contributed by atoms with Gasteiger partial charge in [0.1, 0.15) is 0 Å². The molecule has 13 nitrogen and oxygen atoms in total. The summed E-state index contributed by atoms with van der Waals surface area (Å²) in [6, 6.07) is 0. The van der Waals surface area contributed by atoms with Gasteiger partial charge < -0.3 is 63.8 Å². The fourth-order valence-electron chi connectivity index (χ4n) is 2.50. The van der Waals surface area contributed by atoms with Gasteiger partial charge in [0, 0.05) is 33.0 Å². The molecule has 4 atom stereocenters. The Morgan fingerprint density at radius 1 is 0.425 bits per heavy atom. The van der Waals surface area contributed by atoms with Gasteiger partial charge in [0.25, 0.3) is 0 Å². The summed E-state index contributed by atoms with van der Waals surface area (Å²) >= 11 is 0. The molecular formula is C25H52O13Rf2-4. The van der Waals surface area contributed by atoms with Crippen LogP contribution >= 0.6 is 0 Å². The molecule has 0 aromatic rings. The minimum atomic E-state index is -0.649. The van der Waals surface area contributed by atoms with Gasteiger partial charge in [-0.2, -0.15) is 0 Å². The first-order chi connectivity index (χ1) is 18.3. The van der Waals surface area contributed by atoms with Crippen molar-refractivity contribution in [1.82, 2.24) is 0 Å². The third-order valence-corrected chi connectivity index (χ3v) is 4.22. The Labute approximate surface area is 228 Å². The zero-order valence-electron chi connectivity index (χ0n) is 24.1. The van der Waals surface area contributed by atoms with Crippen LogP contribution in [0.25, 0.3) is 0 Å². The maximum atomic E-state index is 9.37. The van der Waals surface area contributed by atoms with E-state index in [0.717, 1.165) is 32.1 Å². The zero-order chi connectivity index (χ0) is 29.3. The molecular weight excluding hydrogens is 1040 g/mol. The zero-order valence-corrected chi connectivity index (χ0v) is 36.9. The average molecular weight is 1090 g/mol. The molecule has 0 fully saturated rings. The van der Waals surface area contributed by atoms with Crippen molar-refractivity contribution in [2.24, 2.45) is 0 Å². The van der Waals surface area contributed by atoms with E-state index in [1.807, 2.05) is 0 Å².